The maximum absolute atomic E-state index is 12.9. The third-order valence-corrected chi connectivity index (χ3v) is 6.23. The minimum absolute atomic E-state index is 0.0192. The van der Waals surface area contributed by atoms with Crippen molar-refractivity contribution in [3.8, 4) is 5.75 Å². The van der Waals surface area contributed by atoms with E-state index in [1.807, 2.05) is 63.8 Å². The molecule has 1 heterocycles. The van der Waals surface area contributed by atoms with Crippen LogP contribution in [0.5, 0.6) is 5.75 Å². The zero-order valence-electron chi connectivity index (χ0n) is 21.7. The van der Waals surface area contributed by atoms with Gasteiger partial charge in [0, 0.05) is 43.3 Å². The largest absolute Gasteiger partial charge is 0.489 e. The highest BCUT2D eigenvalue weighted by Crippen LogP contribution is 2.27. The van der Waals surface area contributed by atoms with Crippen molar-refractivity contribution in [1.29, 1.82) is 0 Å². The number of rotatable bonds is 8. The van der Waals surface area contributed by atoms with E-state index in [1.54, 1.807) is 17.0 Å². The van der Waals surface area contributed by atoms with Gasteiger partial charge in [-0.05, 0) is 70.5 Å². The Hall–Kier alpha value is -3.26. The van der Waals surface area contributed by atoms with Crippen LogP contribution in [0.1, 0.15) is 50.5 Å². The molecule has 9 heteroatoms. The number of urea groups is 1. The summed E-state index contributed by atoms with van der Waals surface area (Å²) in [6.45, 7) is 11.1. The van der Waals surface area contributed by atoms with Gasteiger partial charge in [-0.15, -0.1) is 0 Å². The van der Waals surface area contributed by atoms with Crippen LogP contribution >= 0.6 is 11.6 Å². The zero-order chi connectivity index (χ0) is 26.6. The molecule has 0 radical (unpaired) electrons. The van der Waals surface area contributed by atoms with Gasteiger partial charge in [-0.2, -0.15) is 0 Å². The highest BCUT2D eigenvalue weighted by Gasteiger charge is 2.36. The fourth-order valence-corrected chi connectivity index (χ4v) is 4.29. The number of ether oxygens (including phenoxy) is 1. The lowest BCUT2D eigenvalue weighted by Gasteiger charge is -2.31. The molecule has 4 amide bonds. The molecule has 0 bridgehead atoms. The summed E-state index contributed by atoms with van der Waals surface area (Å²) in [7, 11) is 1.53. The van der Waals surface area contributed by atoms with E-state index in [-0.39, 0.29) is 30.0 Å². The minimum atomic E-state index is -0.788. The normalized spacial score (nSPS) is 14.7. The molecule has 2 N–H and O–H groups in total. The van der Waals surface area contributed by atoms with Crippen LogP contribution in [0.3, 0.4) is 0 Å². The summed E-state index contributed by atoms with van der Waals surface area (Å²) < 4.78 is 5.62. The predicted octanol–water partition coefficient (Wildman–Crippen LogP) is 4.25. The third-order valence-electron chi connectivity index (χ3n) is 5.93. The maximum Gasteiger partial charge on any atom is 0.325 e. The van der Waals surface area contributed by atoms with Crippen LogP contribution < -0.4 is 20.3 Å². The molecule has 1 fully saturated rings. The van der Waals surface area contributed by atoms with Gasteiger partial charge in [-0.25, -0.2) is 4.79 Å². The van der Waals surface area contributed by atoms with Gasteiger partial charge in [0.25, 0.3) is 5.91 Å². The molecule has 0 spiro atoms. The summed E-state index contributed by atoms with van der Waals surface area (Å²) in [4.78, 5) is 41.9. The van der Waals surface area contributed by atoms with E-state index >= 15 is 0 Å². The van der Waals surface area contributed by atoms with Gasteiger partial charge < -0.3 is 20.3 Å². The van der Waals surface area contributed by atoms with Crippen molar-refractivity contribution in [2.75, 3.05) is 25.0 Å². The number of halogens is 1. The number of anilines is 1. The average molecular weight is 515 g/mol. The Bertz CT molecular complexity index is 1110. The second-order valence-corrected chi connectivity index (χ2v) is 10.5. The Kier molecular flexibility index (Phi) is 8.51. The molecule has 1 aliphatic heterocycles. The fourth-order valence-electron chi connectivity index (χ4n) is 4.06. The van der Waals surface area contributed by atoms with Crippen LogP contribution in [-0.4, -0.2) is 60.6 Å². The molecule has 8 nitrogen and oxygen atoms in total. The zero-order valence-corrected chi connectivity index (χ0v) is 22.5. The van der Waals surface area contributed by atoms with E-state index in [2.05, 4.69) is 10.6 Å². The quantitative estimate of drug-likeness (QED) is 0.551. The van der Waals surface area contributed by atoms with Crippen LogP contribution in [0, 0.1) is 0 Å². The van der Waals surface area contributed by atoms with Gasteiger partial charge in [0.15, 0.2) is 0 Å². The number of nitrogens with one attached hydrogen (secondary N) is 2. The first kappa shape index (κ1) is 27.3. The standard InChI is InChI=1S/C27H35ClN4O4/c1-17(2)36-23-12-9-19(16-21(23)28)24(33)30-22(25(34)29-6)15-18-7-10-20(11-8-18)31-13-14-32(26(31)35)27(3,4)5/h7-12,16-17,22H,13-15H2,1-6H3,(H,29,34)(H,30,33). The molecule has 0 aromatic heterocycles. The molecule has 1 atom stereocenters. The number of hydrogen-bond donors (Lipinski definition) is 2. The fraction of sp³-hybridized carbons (Fsp3) is 0.444. The average Bonchev–Trinajstić information content (AvgIpc) is 3.21. The minimum Gasteiger partial charge on any atom is -0.489 e. The number of carbonyl (C=O) groups excluding carboxylic acids is 3. The van der Waals surface area contributed by atoms with Crippen molar-refractivity contribution in [2.24, 2.45) is 0 Å². The summed E-state index contributed by atoms with van der Waals surface area (Å²) >= 11 is 6.27. The highest BCUT2D eigenvalue weighted by atomic mass is 35.5. The van der Waals surface area contributed by atoms with Gasteiger partial charge in [0.2, 0.25) is 5.91 Å². The second kappa shape index (κ2) is 11.2. The second-order valence-electron chi connectivity index (χ2n) is 10.1. The number of amides is 4. The Labute approximate surface area is 217 Å². The van der Waals surface area contributed by atoms with Crippen molar-refractivity contribution in [3.63, 3.8) is 0 Å². The van der Waals surface area contributed by atoms with Gasteiger partial charge in [0.1, 0.15) is 11.8 Å². The lowest BCUT2D eigenvalue weighted by Crippen LogP contribution is -2.47. The molecule has 1 unspecified atom stereocenters. The lowest BCUT2D eigenvalue weighted by atomic mass is 10.0. The summed E-state index contributed by atoms with van der Waals surface area (Å²) in [5.74, 6) is -0.231. The van der Waals surface area contributed by atoms with Crippen molar-refractivity contribution in [1.82, 2.24) is 15.5 Å². The first-order chi connectivity index (χ1) is 16.9. The molecule has 0 aliphatic carbocycles. The molecule has 194 valence electrons. The van der Waals surface area contributed by atoms with Crippen molar-refractivity contribution < 1.29 is 19.1 Å². The van der Waals surface area contributed by atoms with Crippen molar-refractivity contribution in [2.45, 2.75) is 58.7 Å². The van der Waals surface area contributed by atoms with Gasteiger partial charge in [0.05, 0.1) is 11.1 Å². The summed E-state index contributed by atoms with van der Waals surface area (Å²) in [6.07, 6.45) is 0.239. The van der Waals surface area contributed by atoms with Crippen molar-refractivity contribution in [3.05, 3.63) is 58.6 Å². The van der Waals surface area contributed by atoms with Gasteiger partial charge >= 0.3 is 6.03 Å². The highest BCUT2D eigenvalue weighted by molar-refractivity contribution is 6.32. The van der Waals surface area contributed by atoms with E-state index in [9.17, 15) is 14.4 Å². The Morgan fingerprint density at radius 3 is 2.28 bits per heavy atom. The maximum atomic E-state index is 12.9. The number of carbonyl (C=O) groups is 3. The number of benzene rings is 2. The molecule has 2 aromatic rings. The van der Waals surface area contributed by atoms with Gasteiger partial charge in [-0.1, -0.05) is 23.7 Å². The monoisotopic (exact) mass is 514 g/mol. The Balaban J connectivity index is 1.70. The summed E-state index contributed by atoms with van der Waals surface area (Å²) in [5, 5.41) is 5.73. The molecular formula is C27H35ClN4O4. The number of nitrogens with zero attached hydrogens (tertiary/aromatic N) is 2. The summed E-state index contributed by atoms with van der Waals surface area (Å²) in [6, 6.07) is 11.5. The summed E-state index contributed by atoms with van der Waals surface area (Å²) in [5.41, 5.74) is 1.74. The molecular weight excluding hydrogens is 480 g/mol. The molecule has 0 saturated carbocycles. The Morgan fingerprint density at radius 1 is 1.08 bits per heavy atom. The van der Waals surface area contributed by atoms with E-state index < -0.39 is 11.9 Å². The molecule has 36 heavy (non-hydrogen) atoms. The SMILES string of the molecule is CNC(=O)C(Cc1ccc(N2CCN(C(C)(C)C)C2=O)cc1)NC(=O)c1ccc(OC(C)C)c(Cl)c1. The van der Waals surface area contributed by atoms with Gasteiger partial charge in [-0.3, -0.25) is 14.5 Å². The molecule has 1 aliphatic rings. The van der Waals surface area contributed by atoms with E-state index in [4.69, 9.17) is 16.3 Å². The molecule has 3 rings (SSSR count). The van der Waals surface area contributed by atoms with E-state index in [1.165, 1.54) is 13.1 Å². The van der Waals surface area contributed by atoms with Crippen LogP contribution in [-0.2, 0) is 11.2 Å². The van der Waals surface area contributed by atoms with Crippen LogP contribution in [0.2, 0.25) is 5.02 Å². The molecule has 2 aromatic carbocycles. The number of likely N-dealkylation sites (N-methyl/N-ethyl adjacent to an activating group) is 1. The smallest absolute Gasteiger partial charge is 0.325 e. The predicted molar refractivity (Wildman–Crippen MR) is 142 cm³/mol. The lowest BCUT2D eigenvalue weighted by molar-refractivity contribution is -0.122. The topological polar surface area (TPSA) is 91.0 Å². The van der Waals surface area contributed by atoms with Crippen LogP contribution in [0.25, 0.3) is 0 Å². The van der Waals surface area contributed by atoms with Crippen LogP contribution in [0.15, 0.2) is 42.5 Å². The van der Waals surface area contributed by atoms with Crippen molar-refractivity contribution >= 4 is 35.1 Å². The van der Waals surface area contributed by atoms with Crippen LogP contribution in [0.4, 0.5) is 10.5 Å². The van der Waals surface area contributed by atoms with E-state index in [0.717, 1.165) is 11.3 Å². The third kappa shape index (κ3) is 6.49. The van der Waals surface area contributed by atoms with E-state index in [0.29, 0.717) is 29.4 Å². The number of hydrogen-bond acceptors (Lipinski definition) is 4. The first-order valence-electron chi connectivity index (χ1n) is 12.1. The first-order valence-corrected chi connectivity index (χ1v) is 12.4. The molecule has 1 saturated heterocycles. The Morgan fingerprint density at radius 2 is 1.75 bits per heavy atom.